The third kappa shape index (κ3) is 4.25. The van der Waals surface area contributed by atoms with E-state index in [-0.39, 0.29) is 5.91 Å². The van der Waals surface area contributed by atoms with E-state index in [1.54, 1.807) is 5.51 Å². The fraction of sp³-hybridized carbons (Fsp3) is 0.733. The molecule has 1 aliphatic rings. The van der Waals surface area contributed by atoms with E-state index in [0.717, 1.165) is 36.8 Å². The van der Waals surface area contributed by atoms with Gasteiger partial charge in [-0.05, 0) is 19.9 Å². The Labute approximate surface area is 131 Å². The molecule has 21 heavy (non-hydrogen) atoms. The summed E-state index contributed by atoms with van der Waals surface area (Å²) in [7, 11) is 2.16. The largest absolute Gasteiger partial charge is 0.350 e. The zero-order valence-corrected chi connectivity index (χ0v) is 14.2. The van der Waals surface area contributed by atoms with Gasteiger partial charge in [-0.25, -0.2) is 4.98 Å². The van der Waals surface area contributed by atoms with Crippen LogP contribution in [0.4, 0.5) is 0 Å². The Morgan fingerprint density at radius 1 is 1.38 bits per heavy atom. The smallest absolute Gasteiger partial charge is 0.263 e. The first kappa shape index (κ1) is 16.4. The first-order valence-corrected chi connectivity index (χ1v) is 8.48. The third-order valence-corrected chi connectivity index (χ3v) is 5.13. The van der Waals surface area contributed by atoms with Gasteiger partial charge in [-0.3, -0.25) is 9.69 Å². The van der Waals surface area contributed by atoms with Crippen molar-refractivity contribution in [3.8, 4) is 0 Å². The molecule has 0 aromatic carbocycles. The Balaban J connectivity index is 1.91. The van der Waals surface area contributed by atoms with Crippen molar-refractivity contribution in [1.29, 1.82) is 0 Å². The highest BCUT2D eigenvalue weighted by Crippen LogP contribution is 2.15. The highest BCUT2D eigenvalue weighted by atomic mass is 32.1. The Morgan fingerprint density at radius 3 is 2.57 bits per heavy atom. The molecule has 1 fully saturated rings. The Bertz CT molecular complexity index is 466. The summed E-state index contributed by atoms with van der Waals surface area (Å²) in [4.78, 5) is 22.0. The number of carbonyl (C=O) groups is 1. The second-order valence-electron chi connectivity index (χ2n) is 6.13. The molecule has 0 bridgehead atoms. The Hall–Kier alpha value is -0.980. The van der Waals surface area contributed by atoms with Crippen molar-refractivity contribution in [1.82, 2.24) is 20.1 Å². The van der Waals surface area contributed by atoms with Crippen molar-refractivity contribution in [2.45, 2.75) is 26.8 Å². The highest BCUT2D eigenvalue weighted by molar-refractivity contribution is 7.11. The molecule has 1 amide bonds. The molecule has 2 rings (SSSR count). The Morgan fingerprint density at radius 2 is 2.05 bits per heavy atom. The van der Waals surface area contributed by atoms with E-state index in [2.05, 4.69) is 41.0 Å². The number of hydrogen-bond acceptors (Lipinski definition) is 5. The number of rotatable bonds is 5. The van der Waals surface area contributed by atoms with Crippen LogP contribution in [-0.2, 0) is 0 Å². The number of amides is 1. The van der Waals surface area contributed by atoms with Gasteiger partial charge in [0.05, 0.1) is 11.2 Å². The van der Waals surface area contributed by atoms with Gasteiger partial charge in [0.15, 0.2) is 0 Å². The van der Waals surface area contributed by atoms with Crippen LogP contribution in [0.25, 0.3) is 0 Å². The topological polar surface area (TPSA) is 48.5 Å². The van der Waals surface area contributed by atoms with Crippen molar-refractivity contribution in [2.75, 3.05) is 39.8 Å². The average molecular weight is 310 g/mol. The maximum atomic E-state index is 12.2. The molecule has 1 saturated heterocycles. The number of nitrogens with one attached hydrogen (secondary N) is 1. The van der Waals surface area contributed by atoms with Crippen molar-refractivity contribution in [2.24, 2.45) is 5.92 Å². The van der Waals surface area contributed by atoms with Gasteiger partial charge in [-0.2, -0.15) is 0 Å². The predicted molar refractivity (Wildman–Crippen MR) is 86.9 cm³/mol. The summed E-state index contributed by atoms with van der Waals surface area (Å²) in [5.41, 5.74) is 2.54. The van der Waals surface area contributed by atoms with Crippen LogP contribution in [0.1, 0.15) is 29.2 Å². The first-order chi connectivity index (χ1) is 9.99. The summed E-state index contributed by atoms with van der Waals surface area (Å²) >= 11 is 1.41. The molecule has 118 valence electrons. The van der Waals surface area contributed by atoms with Gasteiger partial charge >= 0.3 is 0 Å². The van der Waals surface area contributed by atoms with E-state index in [9.17, 15) is 4.79 Å². The number of aryl methyl sites for hydroxylation is 1. The van der Waals surface area contributed by atoms with Gasteiger partial charge in [0.25, 0.3) is 5.91 Å². The summed E-state index contributed by atoms with van der Waals surface area (Å²) in [6.07, 6.45) is 0. The van der Waals surface area contributed by atoms with E-state index in [1.165, 1.54) is 11.3 Å². The summed E-state index contributed by atoms with van der Waals surface area (Å²) in [5, 5.41) is 3.09. The minimum Gasteiger partial charge on any atom is -0.350 e. The number of thiazole rings is 1. The van der Waals surface area contributed by atoms with Crippen LogP contribution >= 0.6 is 11.3 Å². The van der Waals surface area contributed by atoms with Gasteiger partial charge in [0.1, 0.15) is 4.88 Å². The van der Waals surface area contributed by atoms with Gasteiger partial charge < -0.3 is 10.2 Å². The van der Waals surface area contributed by atoms with Gasteiger partial charge in [0, 0.05) is 38.8 Å². The van der Waals surface area contributed by atoms with Crippen molar-refractivity contribution >= 4 is 17.2 Å². The summed E-state index contributed by atoms with van der Waals surface area (Å²) < 4.78 is 0. The normalized spacial score (nSPS) is 18.9. The molecular formula is C15H26N4OS. The lowest BCUT2D eigenvalue weighted by molar-refractivity contribution is 0.0792. The minimum absolute atomic E-state index is 0.00905. The highest BCUT2D eigenvalue weighted by Gasteiger charge is 2.25. The second kappa shape index (κ2) is 7.33. The molecule has 0 radical (unpaired) electrons. The second-order valence-corrected chi connectivity index (χ2v) is 6.98. The molecule has 0 aliphatic carbocycles. The van der Waals surface area contributed by atoms with Crippen molar-refractivity contribution in [3.63, 3.8) is 0 Å². The van der Waals surface area contributed by atoms with Gasteiger partial charge in [0.2, 0.25) is 0 Å². The number of likely N-dealkylation sites (N-methyl/N-ethyl adjacent to an activating group) is 1. The summed E-state index contributed by atoms with van der Waals surface area (Å²) in [5.74, 6) is 0.533. The SMILES string of the molecule is Cc1ncsc1C(=O)NC[C@@H](C(C)C)N1CCN(C)CC1. The maximum Gasteiger partial charge on any atom is 0.263 e. The molecule has 1 atom stereocenters. The van der Waals surface area contributed by atoms with Crippen molar-refractivity contribution < 1.29 is 4.79 Å². The van der Waals surface area contributed by atoms with E-state index in [0.29, 0.717) is 18.5 Å². The average Bonchev–Trinajstić information content (AvgIpc) is 2.86. The molecule has 1 aliphatic heterocycles. The Kier molecular flexibility index (Phi) is 5.72. The van der Waals surface area contributed by atoms with Crippen LogP contribution in [0.3, 0.4) is 0 Å². The van der Waals surface area contributed by atoms with Crippen LogP contribution in [0, 0.1) is 12.8 Å². The standard InChI is InChI=1S/C15H26N4OS/c1-11(2)13(19-7-5-18(4)6-8-19)9-16-15(20)14-12(3)17-10-21-14/h10-11,13H,5-9H2,1-4H3,(H,16,20)/t13-/m0/s1. The number of aromatic nitrogens is 1. The number of piperazine rings is 1. The zero-order chi connectivity index (χ0) is 15.4. The lowest BCUT2D eigenvalue weighted by Gasteiger charge is -2.39. The maximum absolute atomic E-state index is 12.2. The number of carbonyl (C=O) groups excluding carboxylic acids is 1. The molecule has 0 unspecified atom stereocenters. The fourth-order valence-electron chi connectivity index (χ4n) is 2.74. The van der Waals surface area contributed by atoms with E-state index >= 15 is 0 Å². The quantitative estimate of drug-likeness (QED) is 0.894. The summed E-state index contributed by atoms with van der Waals surface area (Å²) in [6, 6.07) is 0.399. The van der Waals surface area contributed by atoms with E-state index in [4.69, 9.17) is 0 Å². The first-order valence-electron chi connectivity index (χ1n) is 7.60. The molecule has 1 aromatic rings. The molecule has 0 spiro atoms. The monoisotopic (exact) mass is 310 g/mol. The lowest BCUT2D eigenvalue weighted by atomic mass is 10.0. The fourth-order valence-corrected chi connectivity index (χ4v) is 3.46. The number of hydrogen-bond donors (Lipinski definition) is 1. The van der Waals surface area contributed by atoms with Crippen LogP contribution in [-0.4, -0.2) is 66.5 Å². The molecule has 0 saturated carbocycles. The van der Waals surface area contributed by atoms with Crippen LogP contribution in [0.2, 0.25) is 0 Å². The number of nitrogens with zero attached hydrogens (tertiary/aromatic N) is 3. The van der Waals surface area contributed by atoms with Crippen molar-refractivity contribution in [3.05, 3.63) is 16.1 Å². The molecule has 2 heterocycles. The molecule has 1 aromatic heterocycles. The van der Waals surface area contributed by atoms with Crippen LogP contribution in [0.15, 0.2) is 5.51 Å². The molecule has 1 N–H and O–H groups in total. The van der Waals surface area contributed by atoms with Gasteiger partial charge in [-0.1, -0.05) is 13.8 Å². The third-order valence-electron chi connectivity index (χ3n) is 4.20. The summed E-state index contributed by atoms with van der Waals surface area (Å²) in [6.45, 7) is 11.4. The van der Waals surface area contributed by atoms with E-state index in [1.807, 2.05) is 6.92 Å². The van der Waals surface area contributed by atoms with Crippen LogP contribution < -0.4 is 5.32 Å². The van der Waals surface area contributed by atoms with Gasteiger partial charge in [-0.15, -0.1) is 11.3 Å². The molecule has 5 nitrogen and oxygen atoms in total. The molecular weight excluding hydrogens is 284 g/mol. The lowest BCUT2D eigenvalue weighted by Crippen LogP contribution is -2.54. The predicted octanol–water partition coefficient (Wildman–Crippen LogP) is 1.45. The van der Waals surface area contributed by atoms with Crippen LogP contribution in [0.5, 0.6) is 0 Å². The zero-order valence-electron chi connectivity index (χ0n) is 13.4. The minimum atomic E-state index is 0.00905. The van der Waals surface area contributed by atoms with E-state index < -0.39 is 0 Å². The molecule has 6 heteroatoms.